The van der Waals surface area contributed by atoms with E-state index in [2.05, 4.69) is 18.3 Å². The number of carbonyl (C=O) groups is 2. The highest BCUT2D eigenvalue weighted by Crippen LogP contribution is 2.17. The highest BCUT2D eigenvalue weighted by Gasteiger charge is 2.32. The van der Waals surface area contributed by atoms with E-state index in [9.17, 15) is 9.59 Å². The molecule has 0 aliphatic carbocycles. The van der Waals surface area contributed by atoms with Gasteiger partial charge in [0.15, 0.2) is 12.6 Å². The van der Waals surface area contributed by atoms with Crippen LogP contribution in [0.15, 0.2) is 18.2 Å². The van der Waals surface area contributed by atoms with Crippen molar-refractivity contribution in [3.8, 4) is 0 Å². The largest absolute Gasteiger partial charge is 0.344 e. The molecule has 6 nitrogen and oxygen atoms in total. The van der Waals surface area contributed by atoms with Crippen molar-refractivity contribution < 1.29 is 19.4 Å². The first kappa shape index (κ1) is 19.4. The molecule has 0 saturated carbocycles. The summed E-state index contributed by atoms with van der Waals surface area (Å²) >= 11 is 0. The van der Waals surface area contributed by atoms with Crippen molar-refractivity contribution >= 4 is 17.5 Å². The average Bonchev–Trinajstić information content (AvgIpc) is 2.58. The van der Waals surface area contributed by atoms with Crippen LogP contribution in [0, 0.1) is 13.8 Å². The number of aryl methyl sites for hydroxylation is 1. The van der Waals surface area contributed by atoms with E-state index in [1.54, 1.807) is 19.0 Å². The van der Waals surface area contributed by atoms with E-state index in [0.29, 0.717) is 6.54 Å². The highest BCUT2D eigenvalue weighted by molar-refractivity contribution is 5.92. The zero-order valence-electron chi connectivity index (χ0n) is 16.1. The van der Waals surface area contributed by atoms with E-state index in [4.69, 9.17) is 0 Å². The van der Waals surface area contributed by atoms with E-state index in [1.807, 2.05) is 26.0 Å². The van der Waals surface area contributed by atoms with Crippen LogP contribution in [0.25, 0.3) is 0 Å². The van der Waals surface area contributed by atoms with E-state index < -0.39 is 0 Å². The summed E-state index contributed by atoms with van der Waals surface area (Å²) in [4.78, 5) is 28.7. The smallest absolute Gasteiger partial charge is 0.280 e. The van der Waals surface area contributed by atoms with E-state index >= 15 is 0 Å². The molecule has 1 aromatic rings. The number of piperazine rings is 1. The number of anilines is 1. The second-order valence-electron chi connectivity index (χ2n) is 7.34. The van der Waals surface area contributed by atoms with Gasteiger partial charge in [0.2, 0.25) is 0 Å². The Morgan fingerprint density at radius 3 is 2.40 bits per heavy atom. The first-order valence-corrected chi connectivity index (χ1v) is 9.05. The molecular weight excluding hydrogens is 316 g/mol. The quantitative estimate of drug-likeness (QED) is 0.607. The molecule has 2 rings (SSSR count). The fraction of sp³-hybridized carbons (Fsp3) is 0.579. The summed E-state index contributed by atoms with van der Waals surface area (Å²) in [6.45, 7) is 10.2. The van der Waals surface area contributed by atoms with Gasteiger partial charge in [-0.15, -0.1) is 0 Å². The Bertz CT molecular complexity index is 622. The van der Waals surface area contributed by atoms with Crippen molar-refractivity contribution in [2.45, 2.75) is 26.8 Å². The number of carbonyl (C=O) groups excluding carboxylic acids is 2. The molecule has 0 radical (unpaired) electrons. The molecule has 1 aliphatic rings. The number of benzene rings is 1. The van der Waals surface area contributed by atoms with Crippen molar-refractivity contribution in [3.63, 3.8) is 0 Å². The number of hydrogen-bond donors (Lipinski definition) is 3. The van der Waals surface area contributed by atoms with Gasteiger partial charge in [-0.25, -0.2) is 0 Å². The van der Waals surface area contributed by atoms with Gasteiger partial charge in [-0.3, -0.25) is 9.59 Å². The minimum atomic E-state index is -0.0136. The van der Waals surface area contributed by atoms with Gasteiger partial charge in [0.1, 0.15) is 26.2 Å². The summed E-state index contributed by atoms with van der Waals surface area (Å²) in [5.41, 5.74) is 3.21. The average molecular weight is 348 g/mol. The molecule has 0 unspecified atom stereocenters. The molecule has 6 heteroatoms. The molecule has 1 aliphatic heterocycles. The second-order valence-corrected chi connectivity index (χ2v) is 7.34. The normalized spacial score (nSPS) is 21.5. The second kappa shape index (κ2) is 8.45. The lowest BCUT2D eigenvalue weighted by molar-refractivity contribution is -1.01. The van der Waals surface area contributed by atoms with Crippen LogP contribution in [0.5, 0.6) is 0 Å². The maximum absolute atomic E-state index is 12.4. The maximum atomic E-state index is 12.4. The van der Waals surface area contributed by atoms with Crippen LogP contribution < -0.4 is 15.1 Å². The summed E-state index contributed by atoms with van der Waals surface area (Å²) in [5.74, 6) is 0.232. The van der Waals surface area contributed by atoms with Gasteiger partial charge in [0.05, 0.1) is 0 Å². The van der Waals surface area contributed by atoms with E-state index in [1.165, 1.54) is 15.4 Å². The first-order valence-electron chi connectivity index (χ1n) is 9.05. The van der Waals surface area contributed by atoms with Crippen molar-refractivity contribution in [2.24, 2.45) is 0 Å². The molecule has 0 spiro atoms. The predicted molar refractivity (Wildman–Crippen MR) is 99.0 cm³/mol. The molecule has 1 atom stereocenters. The Kier molecular flexibility index (Phi) is 6.56. The molecule has 1 aromatic carbocycles. The van der Waals surface area contributed by atoms with E-state index in [0.717, 1.165) is 37.4 Å². The number of nitrogens with one attached hydrogen (secondary N) is 3. The van der Waals surface area contributed by atoms with Crippen LogP contribution in [-0.2, 0) is 9.59 Å². The van der Waals surface area contributed by atoms with Crippen LogP contribution in [0.1, 0.15) is 18.1 Å². The highest BCUT2D eigenvalue weighted by atomic mass is 16.2. The molecule has 1 fully saturated rings. The zero-order chi connectivity index (χ0) is 18.6. The Hall–Kier alpha value is -1.92. The fourth-order valence-electron chi connectivity index (χ4n) is 3.40. The van der Waals surface area contributed by atoms with Gasteiger partial charge < -0.3 is 20.0 Å². The first-order chi connectivity index (χ1) is 11.8. The molecular formula is C19H32N4O2+2. The Morgan fingerprint density at radius 1 is 1.16 bits per heavy atom. The molecule has 138 valence electrons. The minimum Gasteiger partial charge on any atom is -0.344 e. The standard InChI is InChI=1S/C19H30N4O2/c1-14-7-6-8-17(15(14)2)20-18(24)13-22-9-11-23(12-10-22)16(3)19(25)21(4)5/h6-8,16H,9-13H2,1-5H3,(H,20,24)/p+2/t16-/m0/s1. The van der Waals surface area contributed by atoms with Gasteiger partial charge in [-0.1, -0.05) is 12.1 Å². The summed E-state index contributed by atoms with van der Waals surface area (Å²) < 4.78 is 0. The predicted octanol–water partition coefficient (Wildman–Crippen LogP) is -1.50. The van der Waals surface area contributed by atoms with Crippen LogP contribution in [-0.4, -0.2) is 69.6 Å². The number of quaternary nitrogens is 2. The number of amides is 2. The van der Waals surface area contributed by atoms with Crippen molar-refractivity contribution in [3.05, 3.63) is 29.3 Å². The lowest BCUT2D eigenvalue weighted by Gasteiger charge is -2.33. The third kappa shape index (κ3) is 5.03. The summed E-state index contributed by atoms with van der Waals surface area (Å²) in [6.07, 6.45) is 0. The fourth-order valence-corrected chi connectivity index (χ4v) is 3.40. The minimum absolute atomic E-state index is 0.0136. The lowest BCUT2D eigenvalue weighted by Crippen LogP contribution is -3.30. The molecule has 0 bridgehead atoms. The SMILES string of the molecule is Cc1cccc(NC(=O)C[NH+]2CC[NH+]([C@@H](C)C(=O)N(C)C)CC2)c1C. The van der Waals surface area contributed by atoms with Gasteiger partial charge >= 0.3 is 0 Å². The van der Waals surface area contributed by atoms with E-state index in [-0.39, 0.29) is 17.9 Å². The van der Waals surface area contributed by atoms with Crippen LogP contribution in [0.2, 0.25) is 0 Å². The number of hydrogen-bond acceptors (Lipinski definition) is 2. The van der Waals surface area contributed by atoms with Crippen LogP contribution in [0.4, 0.5) is 5.69 Å². The molecule has 25 heavy (non-hydrogen) atoms. The van der Waals surface area contributed by atoms with Crippen molar-refractivity contribution in [2.75, 3.05) is 52.1 Å². The third-order valence-electron chi connectivity index (χ3n) is 5.31. The van der Waals surface area contributed by atoms with Gasteiger partial charge in [0.25, 0.3) is 11.8 Å². The molecule has 1 saturated heterocycles. The molecule has 0 aromatic heterocycles. The Balaban J connectivity index is 1.82. The number of likely N-dealkylation sites (N-methyl/N-ethyl adjacent to an activating group) is 1. The Morgan fingerprint density at radius 2 is 1.80 bits per heavy atom. The van der Waals surface area contributed by atoms with Crippen LogP contribution >= 0.6 is 0 Å². The summed E-state index contributed by atoms with van der Waals surface area (Å²) in [5, 5.41) is 3.04. The van der Waals surface area contributed by atoms with Crippen LogP contribution in [0.3, 0.4) is 0 Å². The molecule has 3 N–H and O–H groups in total. The number of nitrogens with zero attached hydrogens (tertiary/aromatic N) is 1. The van der Waals surface area contributed by atoms with Gasteiger partial charge in [0, 0.05) is 19.8 Å². The van der Waals surface area contributed by atoms with Gasteiger partial charge in [-0.2, -0.15) is 0 Å². The zero-order valence-corrected chi connectivity index (χ0v) is 16.1. The third-order valence-corrected chi connectivity index (χ3v) is 5.31. The van der Waals surface area contributed by atoms with Crippen molar-refractivity contribution in [1.29, 1.82) is 0 Å². The maximum Gasteiger partial charge on any atom is 0.280 e. The lowest BCUT2D eigenvalue weighted by atomic mass is 10.1. The number of rotatable bonds is 5. The molecule has 1 heterocycles. The summed E-state index contributed by atoms with van der Waals surface area (Å²) in [7, 11) is 3.61. The summed E-state index contributed by atoms with van der Waals surface area (Å²) in [6, 6.07) is 5.96. The monoisotopic (exact) mass is 348 g/mol. The molecule has 2 amide bonds. The Labute approximate surface area is 150 Å². The topological polar surface area (TPSA) is 58.3 Å². The van der Waals surface area contributed by atoms with Crippen molar-refractivity contribution in [1.82, 2.24) is 4.90 Å². The van der Waals surface area contributed by atoms with Gasteiger partial charge in [-0.05, 0) is 38.0 Å².